The van der Waals surface area contributed by atoms with Crippen LogP contribution in [0, 0.1) is 29.1 Å². The summed E-state index contributed by atoms with van der Waals surface area (Å²) in [5.74, 6) is 1.69. The molecule has 18 heavy (non-hydrogen) atoms. The van der Waals surface area contributed by atoms with Crippen LogP contribution >= 0.6 is 0 Å². The van der Waals surface area contributed by atoms with Crippen molar-refractivity contribution in [2.45, 2.75) is 63.3 Å². The molecule has 0 bridgehead atoms. The van der Waals surface area contributed by atoms with Crippen LogP contribution in [0.4, 0.5) is 0 Å². The van der Waals surface area contributed by atoms with Crippen LogP contribution in [0.3, 0.4) is 0 Å². The topological polar surface area (TPSA) is 52.9 Å². The quantitative estimate of drug-likeness (QED) is 0.814. The van der Waals surface area contributed by atoms with Crippen LogP contribution in [0.25, 0.3) is 0 Å². The first-order chi connectivity index (χ1) is 8.76. The molecule has 0 heterocycles. The summed E-state index contributed by atoms with van der Waals surface area (Å²) in [4.78, 5) is 12.3. The Morgan fingerprint density at radius 2 is 1.67 bits per heavy atom. The normalized spacial score (nSPS) is 37.2. The molecule has 0 spiro atoms. The summed E-state index contributed by atoms with van der Waals surface area (Å²) < 4.78 is 0. The second-order valence-corrected chi connectivity index (χ2v) is 6.38. The van der Waals surface area contributed by atoms with Crippen LogP contribution in [0.2, 0.25) is 0 Å². The fraction of sp³-hybridized carbons (Fsp3) is 0.867. The van der Waals surface area contributed by atoms with Crippen molar-refractivity contribution in [2.24, 2.45) is 17.8 Å². The summed E-state index contributed by atoms with van der Waals surface area (Å²) >= 11 is 0. The van der Waals surface area contributed by atoms with E-state index in [4.69, 9.17) is 0 Å². The number of carbonyl (C=O) groups is 1. The third kappa shape index (κ3) is 2.02. The zero-order valence-corrected chi connectivity index (χ0v) is 11.0. The van der Waals surface area contributed by atoms with Crippen LogP contribution < -0.4 is 5.32 Å². The highest BCUT2D eigenvalue weighted by Crippen LogP contribution is 2.55. The number of fused-ring (bicyclic) bond motifs is 1. The van der Waals surface area contributed by atoms with Crippen molar-refractivity contribution in [3.05, 3.63) is 0 Å². The molecule has 0 radical (unpaired) electrons. The summed E-state index contributed by atoms with van der Waals surface area (Å²) in [6.07, 6.45) is 10.1. The summed E-state index contributed by atoms with van der Waals surface area (Å²) in [6.45, 7) is 0. The van der Waals surface area contributed by atoms with Gasteiger partial charge in [0.25, 0.3) is 0 Å². The zero-order valence-electron chi connectivity index (χ0n) is 11.0. The molecule has 0 aliphatic heterocycles. The van der Waals surface area contributed by atoms with Gasteiger partial charge in [0, 0.05) is 5.92 Å². The number of nitrogens with one attached hydrogen (secondary N) is 1. The summed E-state index contributed by atoms with van der Waals surface area (Å²) in [7, 11) is 0. The van der Waals surface area contributed by atoms with Crippen LogP contribution in [0.5, 0.6) is 0 Å². The summed E-state index contributed by atoms with van der Waals surface area (Å²) in [6, 6.07) is 2.38. The maximum absolute atomic E-state index is 12.3. The van der Waals surface area contributed by atoms with Gasteiger partial charge in [0.15, 0.2) is 0 Å². The summed E-state index contributed by atoms with van der Waals surface area (Å²) in [5.41, 5.74) is -0.541. The van der Waals surface area contributed by atoms with Gasteiger partial charge in [-0.05, 0) is 37.5 Å². The molecule has 0 aromatic rings. The number of hydrogen-bond acceptors (Lipinski definition) is 2. The fourth-order valence-corrected chi connectivity index (χ4v) is 4.12. The molecule has 3 aliphatic carbocycles. The average Bonchev–Trinajstić information content (AvgIpc) is 3.14. The molecular formula is C15H22N2O. The number of nitriles is 1. The van der Waals surface area contributed by atoms with Gasteiger partial charge in [0.05, 0.1) is 6.07 Å². The largest absolute Gasteiger partial charge is 0.338 e. The van der Waals surface area contributed by atoms with Crippen molar-refractivity contribution in [2.75, 3.05) is 0 Å². The molecule has 0 aromatic heterocycles. The van der Waals surface area contributed by atoms with E-state index in [1.165, 1.54) is 32.1 Å². The predicted molar refractivity (Wildman–Crippen MR) is 68.5 cm³/mol. The maximum atomic E-state index is 12.3. The summed E-state index contributed by atoms with van der Waals surface area (Å²) in [5, 5.41) is 12.5. The smallest absolute Gasteiger partial charge is 0.224 e. The van der Waals surface area contributed by atoms with Crippen molar-refractivity contribution in [3.8, 4) is 6.07 Å². The van der Waals surface area contributed by atoms with Gasteiger partial charge in [-0.2, -0.15) is 5.26 Å². The SMILES string of the molecule is N#CC1(NC(=O)C2C3CCCCC32)CCCCC1. The molecule has 0 saturated heterocycles. The number of hydrogen-bond donors (Lipinski definition) is 1. The standard InChI is InChI=1S/C15H22N2O/c16-10-15(8-4-1-5-9-15)17-14(18)13-11-6-2-3-7-12(11)13/h11-13H,1-9H2,(H,17,18). The monoisotopic (exact) mass is 246 g/mol. The Morgan fingerprint density at radius 1 is 1.06 bits per heavy atom. The van der Waals surface area contributed by atoms with Crippen molar-refractivity contribution < 1.29 is 4.79 Å². The van der Waals surface area contributed by atoms with Gasteiger partial charge in [0.1, 0.15) is 5.54 Å². The van der Waals surface area contributed by atoms with E-state index in [1.54, 1.807) is 0 Å². The first-order valence-electron chi connectivity index (χ1n) is 7.49. The van der Waals surface area contributed by atoms with Gasteiger partial charge in [-0.1, -0.05) is 32.1 Å². The lowest BCUT2D eigenvalue weighted by molar-refractivity contribution is -0.124. The molecule has 3 aliphatic rings. The number of rotatable bonds is 2. The Bertz CT molecular complexity index is 366. The highest BCUT2D eigenvalue weighted by atomic mass is 16.2. The van der Waals surface area contributed by atoms with E-state index in [1.807, 2.05) is 0 Å². The van der Waals surface area contributed by atoms with Crippen molar-refractivity contribution in [3.63, 3.8) is 0 Å². The van der Waals surface area contributed by atoms with Crippen molar-refractivity contribution in [1.29, 1.82) is 5.26 Å². The van der Waals surface area contributed by atoms with Crippen molar-refractivity contribution >= 4 is 5.91 Å². The number of nitrogens with zero attached hydrogens (tertiary/aromatic N) is 1. The van der Waals surface area contributed by atoms with E-state index in [0.717, 1.165) is 25.7 Å². The Kier molecular flexibility index (Phi) is 3.05. The van der Waals surface area contributed by atoms with Gasteiger partial charge in [0.2, 0.25) is 5.91 Å². The molecule has 2 atom stereocenters. The zero-order chi connectivity index (χ0) is 12.6. The molecule has 3 nitrogen and oxygen atoms in total. The molecule has 3 fully saturated rings. The Balaban J connectivity index is 1.62. The van der Waals surface area contributed by atoms with Crippen LogP contribution in [-0.4, -0.2) is 11.4 Å². The van der Waals surface area contributed by atoms with Gasteiger partial charge >= 0.3 is 0 Å². The van der Waals surface area contributed by atoms with Gasteiger partial charge in [-0.3, -0.25) is 4.79 Å². The van der Waals surface area contributed by atoms with Gasteiger partial charge in [-0.15, -0.1) is 0 Å². The lowest BCUT2D eigenvalue weighted by Crippen LogP contribution is -2.49. The number of carbonyl (C=O) groups excluding carboxylic acids is 1. The first kappa shape index (κ1) is 12.0. The van der Waals surface area contributed by atoms with E-state index >= 15 is 0 Å². The second-order valence-electron chi connectivity index (χ2n) is 6.38. The van der Waals surface area contributed by atoms with Crippen LogP contribution in [0.15, 0.2) is 0 Å². The Morgan fingerprint density at radius 3 is 2.22 bits per heavy atom. The molecular weight excluding hydrogens is 224 g/mol. The van der Waals surface area contributed by atoms with E-state index < -0.39 is 5.54 Å². The van der Waals surface area contributed by atoms with E-state index in [-0.39, 0.29) is 11.8 Å². The van der Waals surface area contributed by atoms with Gasteiger partial charge < -0.3 is 5.32 Å². The van der Waals surface area contributed by atoms with Crippen LogP contribution in [-0.2, 0) is 4.79 Å². The molecule has 0 aromatic carbocycles. The minimum atomic E-state index is -0.541. The number of amides is 1. The van der Waals surface area contributed by atoms with Gasteiger partial charge in [-0.25, -0.2) is 0 Å². The predicted octanol–water partition coefficient (Wildman–Crippen LogP) is 2.77. The lowest BCUT2D eigenvalue weighted by atomic mass is 9.82. The Labute approximate surface area is 109 Å². The molecule has 3 rings (SSSR count). The first-order valence-corrected chi connectivity index (χ1v) is 7.49. The second kappa shape index (κ2) is 4.57. The highest BCUT2D eigenvalue weighted by molar-refractivity contribution is 5.83. The molecule has 3 heteroatoms. The molecule has 98 valence electrons. The van der Waals surface area contributed by atoms with E-state index in [2.05, 4.69) is 11.4 Å². The molecule has 3 saturated carbocycles. The fourth-order valence-electron chi connectivity index (χ4n) is 4.12. The average molecular weight is 246 g/mol. The minimum Gasteiger partial charge on any atom is -0.338 e. The van der Waals surface area contributed by atoms with E-state index in [0.29, 0.717) is 11.8 Å². The third-order valence-corrected chi connectivity index (χ3v) is 5.24. The van der Waals surface area contributed by atoms with E-state index in [9.17, 15) is 10.1 Å². The third-order valence-electron chi connectivity index (χ3n) is 5.24. The maximum Gasteiger partial charge on any atom is 0.224 e. The lowest BCUT2D eigenvalue weighted by Gasteiger charge is -2.31. The van der Waals surface area contributed by atoms with Crippen LogP contribution in [0.1, 0.15) is 57.8 Å². The molecule has 1 N–H and O–H groups in total. The van der Waals surface area contributed by atoms with Crippen molar-refractivity contribution in [1.82, 2.24) is 5.32 Å². The molecule has 2 unspecified atom stereocenters. The highest BCUT2D eigenvalue weighted by Gasteiger charge is 2.55. The minimum absolute atomic E-state index is 0.176. The Hall–Kier alpha value is -1.04. The molecule has 1 amide bonds.